The largest absolute Gasteiger partial charge is 0.496 e. The zero-order chi connectivity index (χ0) is 17.9. The molecule has 5 aliphatic rings. The van der Waals surface area contributed by atoms with E-state index in [4.69, 9.17) is 4.74 Å². The van der Waals surface area contributed by atoms with Gasteiger partial charge in [-0.25, -0.2) is 0 Å². The average Bonchev–Trinajstić information content (AvgIpc) is 2.62. The third-order valence-corrected chi connectivity index (χ3v) is 7.58. The lowest BCUT2D eigenvalue weighted by Crippen LogP contribution is -2.62. The Morgan fingerprint density at radius 1 is 1.23 bits per heavy atom. The Morgan fingerprint density at radius 3 is 2.69 bits per heavy atom. The molecule has 4 nitrogen and oxygen atoms in total. The molecule has 1 aromatic rings. The molecule has 6 atom stereocenters. The number of benzene rings is 1. The van der Waals surface area contributed by atoms with Crippen molar-refractivity contribution >= 4 is 5.91 Å². The Hall–Kier alpha value is -1.55. The third-order valence-electron chi connectivity index (χ3n) is 7.58. The highest BCUT2D eigenvalue weighted by Crippen LogP contribution is 2.55. The molecule has 2 unspecified atom stereocenters. The monoisotopic (exact) mass is 355 g/mol. The van der Waals surface area contributed by atoms with Crippen molar-refractivity contribution in [2.24, 2.45) is 23.7 Å². The van der Waals surface area contributed by atoms with E-state index in [-0.39, 0.29) is 17.9 Å². The van der Waals surface area contributed by atoms with Crippen LogP contribution in [0.5, 0.6) is 5.75 Å². The highest BCUT2D eigenvalue weighted by molar-refractivity contribution is 5.80. The Labute approximate surface area is 155 Å². The summed E-state index contributed by atoms with van der Waals surface area (Å²) in [5.41, 5.74) is 2.10. The standard InChI is InChI=1S/C22H29NO3/c1-26-19-4-2-3-14-5-6-15(9-18(14)19)21(24)23-20-16-7-13-8-17(20)12-22(25,10-13)11-16/h2-4,13,15-17,20,25H,5-12H2,1H3,(H,23,24)/t13?,15?,16-,17+,20+,22+. The first-order valence-corrected chi connectivity index (χ1v) is 10.2. The van der Waals surface area contributed by atoms with E-state index in [1.165, 1.54) is 24.0 Å². The van der Waals surface area contributed by atoms with Crippen LogP contribution < -0.4 is 10.1 Å². The first-order chi connectivity index (χ1) is 12.5. The van der Waals surface area contributed by atoms with E-state index in [0.29, 0.717) is 17.8 Å². The second-order valence-corrected chi connectivity index (χ2v) is 9.27. The van der Waals surface area contributed by atoms with E-state index in [9.17, 15) is 9.90 Å². The van der Waals surface area contributed by atoms with Gasteiger partial charge in [-0.05, 0) is 86.3 Å². The van der Waals surface area contributed by atoms with E-state index < -0.39 is 5.60 Å². The molecular formula is C22H29NO3. The smallest absolute Gasteiger partial charge is 0.223 e. The van der Waals surface area contributed by atoms with Gasteiger partial charge in [0.05, 0.1) is 12.7 Å². The molecule has 0 spiro atoms. The number of methoxy groups -OCH3 is 1. The summed E-state index contributed by atoms with van der Waals surface area (Å²) >= 11 is 0. The summed E-state index contributed by atoms with van der Waals surface area (Å²) in [5.74, 6) is 2.79. The van der Waals surface area contributed by atoms with Crippen molar-refractivity contribution in [1.29, 1.82) is 0 Å². The Morgan fingerprint density at radius 2 is 2.00 bits per heavy atom. The van der Waals surface area contributed by atoms with Crippen LogP contribution in [0.25, 0.3) is 0 Å². The van der Waals surface area contributed by atoms with Crippen LogP contribution in [0.3, 0.4) is 0 Å². The minimum atomic E-state index is -0.436. The summed E-state index contributed by atoms with van der Waals surface area (Å²) < 4.78 is 5.52. The zero-order valence-corrected chi connectivity index (χ0v) is 15.5. The Balaban J connectivity index is 1.30. The second-order valence-electron chi connectivity index (χ2n) is 9.27. The number of ether oxygens (including phenoxy) is 1. The van der Waals surface area contributed by atoms with E-state index >= 15 is 0 Å². The molecule has 4 saturated carbocycles. The molecule has 5 aliphatic carbocycles. The van der Waals surface area contributed by atoms with Crippen LogP contribution in [-0.4, -0.2) is 29.8 Å². The van der Waals surface area contributed by atoms with Crippen LogP contribution in [0.1, 0.15) is 49.7 Å². The molecule has 0 aromatic heterocycles. The van der Waals surface area contributed by atoms with Crippen molar-refractivity contribution in [2.45, 2.75) is 63.0 Å². The van der Waals surface area contributed by atoms with Crippen LogP contribution in [0, 0.1) is 23.7 Å². The van der Waals surface area contributed by atoms with Crippen molar-refractivity contribution in [2.75, 3.05) is 7.11 Å². The number of aryl methyl sites for hydroxylation is 1. The molecule has 0 radical (unpaired) electrons. The van der Waals surface area contributed by atoms with Gasteiger partial charge < -0.3 is 15.2 Å². The fraction of sp³-hybridized carbons (Fsp3) is 0.682. The molecular weight excluding hydrogens is 326 g/mol. The SMILES string of the molecule is COc1cccc2c1CC(C(=O)N[C@H]1[C@@H]3CC4C[C@H]1C[C@](O)(C4)C3)CC2. The number of carbonyl (C=O) groups is 1. The van der Waals surface area contributed by atoms with Gasteiger partial charge in [-0.2, -0.15) is 0 Å². The number of carbonyl (C=O) groups excluding carboxylic acids is 1. The van der Waals surface area contributed by atoms with Crippen LogP contribution in [0.2, 0.25) is 0 Å². The van der Waals surface area contributed by atoms with E-state index in [2.05, 4.69) is 11.4 Å². The summed E-state index contributed by atoms with van der Waals surface area (Å²) in [6.45, 7) is 0. The Kier molecular flexibility index (Phi) is 3.82. The highest BCUT2D eigenvalue weighted by atomic mass is 16.5. The molecule has 4 fully saturated rings. The van der Waals surface area contributed by atoms with E-state index in [0.717, 1.165) is 44.3 Å². The maximum atomic E-state index is 13.1. The zero-order valence-electron chi connectivity index (χ0n) is 15.5. The first-order valence-electron chi connectivity index (χ1n) is 10.2. The minimum Gasteiger partial charge on any atom is -0.496 e. The van der Waals surface area contributed by atoms with Gasteiger partial charge in [-0.3, -0.25) is 4.79 Å². The molecule has 26 heavy (non-hydrogen) atoms. The normalized spacial score (nSPS) is 40.2. The summed E-state index contributed by atoms with van der Waals surface area (Å²) in [4.78, 5) is 13.1. The van der Waals surface area contributed by atoms with Gasteiger partial charge in [0.2, 0.25) is 5.91 Å². The van der Waals surface area contributed by atoms with Crippen LogP contribution in [-0.2, 0) is 17.6 Å². The van der Waals surface area contributed by atoms with E-state index in [1.54, 1.807) is 7.11 Å². The predicted molar refractivity (Wildman–Crippen MR) is 98.9 cm³/mol. The molecule has 0 saturated heterocycles. The average molecular weight is 355 g/mol. The summed E-state index contributed by atoms with van der Waals surface area (Å²) in [7, 11) is 1.71. The van der Waals surface area contributed by atoms with Crippen molar-refractivity contribution in [3.05, 3.63) is 29.3 Å². The third kappa shape index (κ3) is 2.65. The quantitative estimate of drug-likeness (QED) is 0.877. The highest BCUT2D eigenvalue weighted by Gasteiger charge is 2.55. The second kappa shape index (κ2) is 5.98. The number of rotatable bonds is 3. The molecule has 0 heterocycles. The van der Waals surface area contributed by atoms with Gasteiger partial charge in [0.25, 0.3) is 0 Å². The topological polar surface area (TPSA) is 58.6 Å². The lowest BCUT2D eigenvalue weighted by molar-refractivity contribution is -0.148. The first kappa shape index (κ1) is 16.6. The summed E-state index contributed by atoms with van der Waals surface area (Å²) in [6.07, 6.45) is 7.76. The number of amides is 1. The molecule has 1 aromatic carbocycles. The number of hydrogen-bond donors (Lipinski definition) is 2. The van der Waals surface area contributed by atoms with Gasteiger partial charge in [0.15, 0.2) is 0 Å². The lowest BCUT2D eigenvalue weighted by Gasteiger charge is -2.58. The summed E-state index contributed by atoms with van der Waals surface area (Å²) in [5, 5.41) is 14.2. The van der Waals surface area contributed by atoms with Crippen molar-refractivity contribution < 1.29 is 14.6 Å². The van der Waals surface area contributed by atoms with Crippen LogP contribution in [0.15, 0.2) is 18.2 Å². The molecule has 6 rings (SSSR count). The van der Waals surface area contributed by atoms with Gasteiger partial charge in [0.1, 0.15) is 5.75 Å². The molecule has 1 amide bonds. The lowest BCUT2D eigenvalue weighted by atomic mass is 9.52. The summed E-state index contributed by atoms with van der Waals surface area (Å²) in [6, 6.07) is 6.47. The molecule has 4 bridgehead atoms. The predicted octanol–water partition coefficient (Wildman–Crippen LogP) is 2.86. The van der Waals surface area contributed by atoms with Gasteiger partial charge in [-0.1, -0.05) is 12.1 Å². The Bertz CT molecular complexity index is 700. The maximum absolute atomic E-state index is 13.1. The van der Waals surface area contributed by atoms with Gasteiger partial charge in [0, 0.05) is 12.0 Å². The fourth-order valence-corrected chi connectivity index (χ4v) is 6.67. The molecule has 140 valence electrons. The molecule has 0 aliphatic heterocycles. The van der Waals surface area contributed by atoms with Crippen LogP contribution >= 0.6 is 0 Å². The molecule has 2 N–H and O–H groups in total. The van der Waals surface area contributed by atoms with Gasteiger partial charge >= 0.3 is 0 Å². The van der Waals surface area contributed by atoms with Gasteiger partial charge in [-0.15, -0.1) is 0 Å². The van der Waals surface area contributed by atoms with Crippen molar-refractivity contribution in [1.82, 2.24) is 5.32 Å². The number of fused-ring (bicyclic) bond motifs is 1. The number of hydrogen-bond acceptors (Lipinski definition) is 3. The molecule has 4 heteroatoms. The van der Waals surface area contributed by atoms with Crippen molar-refractivity contribution in [3.8, 4) is 5.75 Å². The minimum absolute atomic E-state index is 0.0408. The number of nitrogens with one attached hydrogen (secondary N) is 1. The fourth-order valence-electron chi connectivity index (χ4n) is 6.67. The van der Waals surface area contributed by atoms with Crippen molar-refractivity contribution in [3.63, 3.8) is 0 Å². The maximum Gasteiger partial charge on any atom is 0.223 e. The van der Waals surface area contributed by atoms with E-state index in [1.807, 2.05) is 12.1 Å². The number of aliphatic hydroxyl groups is 1. The van der Waals surface area contributed by atoms with Crippen LogP contribution in [0.4, 0.5) is 0 Å².